The molecule has 0 amide bonds. The number of nitrogens with one attached hydrogen (secondary N) is 1. The molecule has 0 bridgehead atoms. The van der Waals surface area contributed by atoms with Gasteiger partial charge in [-0.05, 0) is 31.4 Å². The Balaban J connectivity index is 1.79. The molecule has 1 aromatic carbocycles. The van der Waals surface area contributed by atoms with Crippen LogP contribution >= 0.6 is 22.9 Å². The van der Waals surface area contributed by atoms with Crippen molar-refractivity contribution in [1.82, 2.24) is 10.3 Å². The van der Waals surface area contributed by atoms with Gasteiger partial charge in [0.05, 0.1) is 28.5 Å². The predicted molar refractivity (Wildman–Crippen MR) is 90.3 cm³/mol. The maximum absolute atomic E-state index is 6.45. The molecule has 2 aromatic rings. The number of benzene rings is 1. The monoisotopic (exact) mass is 321 g/mol. The van der Waals surface area contributed by atoms with Gasteiger partial charge in [-0.3, -0.25) is 0 Å². The van der Waals surface area contributed by atoms with Crippen molar-refractivity contribution in [3.05, 3.63) is 44.9 Å². The number of halogens is 1. The Morgan fingerprint density at radius 3 is 2.90 bits per heavy atom. The Morgan fingerprint density at radius 1 is 1.43 bits per heavy atom. The van der Waals surface area contributed by atoms with Crippen molar-refractivity contribution in [1.29, 1.82) is 0 Å². The molecule has 1 aliphatic rings. The number of nitrogens with zero attached hydrogens (tertiary/aromatic N) is 2. The van der Waals surface area contributed by atoms with Crippen LogP contribution in [0.2, 0.25) is 5.02 Å². The van der Waals surface area contributed by atoms with E-state index < -0.39 is 0 Å². The van der Waals surface area contributed by atoms with Gasteiger partial charge in [0.25, 0.3) is 0 Å². The van der Waals surface area contributed by atoms with Gasteiger partial charge in [0.15, 0.2) is 0 Å². The normalized spacial score (nSPS) is 14.4. The molecule has 0 radical (unpaired) electrons. The molecule has 0 unspecified atom stereocenters. The van der Waals surface area contributed by atoms with Crippen LogP contribution in [0.15, 0.2) is 23.7 Å². The van der Waals surface area contributed by atoms with Crippen molar-refractivity contribution in [2.75, 3.05) is 11.9 Å². The van der Waals surface area contributed by atoms with Gasteiger partial charge in [0, 0.05) is 24.5 Å². The van der Waals surface area contributed by atoms with Crippen LogP contribution in [0.25, 0.3) is 0 Å². The summed E-state index contributed by atoms with van der Waals surface area (Å²) in [6, 6.07) is 6.85. The van der Waals surface area contributed by atoms with Crippen LogP contribution in [0.5, 0.6) is 0 Å². The highest BCUT2D eigenvalue weighted by Gasteiger charge is 2.21. The van der Waals surface area contributed by atoms with E-state index in [9.17, 15) is 0 Å². The number of thiazole rings is 1. The van der Waals surface area contributed by atoms with E-state index in [1.807, 2.05) is 17.6 Å². The maximum Gasteiger partial charge on any atom is 0.0798 e. The molecule has 5 heteroatoms. The standard InChI is InChI=1S/C16H20ClN3S/c1-11-15(21-10-19-11)9-20(2)16-12(4-3-5-14(16)17)8-18-13-6-7-13/h3-5,10,13,18H,6-9H2,1-2H3. The van der Waals surface area contributed by atoms with Crippen LogP contribution in [-0.4, -0.2) is 18.1 Å². The SMILES string of the molecule is Cc1ncsc1CN(C)c1c(Cl)cccc1CNC1CC1. The highest BCUT2D eigenvalue weighted by molar-refractivity contribution is 7.09. The van der Waals surface area contributed by atoms with Gasteiger partial charge < -0.3 is 10.2 Å². The van der Waals surface area contributed by atoms with Crippen LogP contribution in [-0.2, 0) is 13.1 Å². The molecule has 1 aliphatic carbocycles. The zero-order valence-electron chi connectivity index (χ0n) is 12.4. The Hall–Kier alpha value is -1.10. The molecule has 1 N–H and O–H groups in total. The van der Waals surface area contributed by atoms with E-state index in [-0.39, 0.29) is 0 Å². The lowest BCUT2D eigenvalue weighted by Gasteiger charge is -2.23. The van der Waals surface area contributed by atoms with E-state index >= 15 is 0 Å². The molecule has 0 atom stereocenters. The third-order valence-electron chi connectivity index (χ3n) is 3.84. The van der Waals surface area contributed by atoms with Crippen LogP contribution < -0.4 is 10.2 Å². The van der Waals surface area contributed by atoms with Crippen molar-refractivity contribution in [3.63, 3.8) is 0 Å². The minimum Gasteiger partial charge on any atom is -0.368 e. The molecule has 112 valence electrons. The minimum atomic E-state index is 0.700. The first-order valence-electron chi connectivity index (χ1n) is 7.26. The number of anilines is 1. The summed E-state index contributed by atoms with van der Waals surface area (Å²) < 4.78 is 0. The van der Waals surface area contributed by atoms with Crippen LogP contribution in [0.3, 0.4) is 0 Å². The summed E-state index contributed by atoms with van der Waals surface area (Å²) in [4.78, 5) is 7.84. The summed E-state index contributed by atoms with van der Waals surface area (Å²) in [5.74, 6) is 0. The quantitative estimate of drug-likeness (QED) is 0.872. The summed E-state index contributed by atoms with van der Waals surface area (Å²) in [6.07, 6.45) is 2.59. The van der Waals surface area contributed by atoms with E-state index in [4.69, 9.17) is 11.6 Å². The van der Waals surface area contributed by atoms with Gasteiger partial charge in [-0.15, -0.1) is 11.3 Å². The molecule has 1 heterocycles. The van der Waals surface area contributed by atoms with Crippen molar-refractivity contribution >= 4 is 28.6 Å². The van der Waals surface area contributed by atoms with Crippen LogP contribution in [0.4, 0.5) is 5.69 Å². The number of hydrogen-bond donors (Lipinski definition) is 1. The zero-order chi connectivity index (χ0) is 14.8. The molecule has 0 spiro atoms. The third kappa shape index (κ3) is 3.57. The second-order valence-corrected chi connectivity index (χ2v) is 6.97. The van der Waals surface area contributed by atoms with E-state index in [1.54, 1.807) is 11.3 Å². The fourth-order valence-electron chi connectivity index (χ4n) is 2.44. The molecule has 3 nitrogen and oxygen atoms in total. The number of hydrogen-bond acceptors (Lipinski definition) is 4. The average molecular weight is 322 g/mol. The Morgan fingerprint density at radius 2 is 2.24 bits per heavy atom. The first-order valence-corrected chi connectivity index (χ1v) is 8.52. The van der Waals surface area contributed by atoms with Crippen LogP contribution in [0, 0.1) is 6.92 Å². The zero-order valence-corrected chi connectivity index (χ0v) is 14.0. The maximum atomic E-state index is 6.45. The first-order chi connectivity index (χ1) is 10.1. The van der Waals surface area contributed by atoms with Gasteiger partial charge in [0.1, 0.15) is 0 Å². The summed E-state index contributed by atoms with van der Waals surface area (Å²) in [5, 5.41) is 4.39. The summed E-state index contributed by atoms with van der Waals surface area (Å²) in [6.45, 7) is 3.78. The van der Waals surface area contributed by atoms with Gasteiger partial charge in [-0.25, -0.2) is 4.98 Å². The highest BCUT2D eigenvalue weighted by atomic mass is 35.5. The van der Waals surface area contributed by atoms with E-state index in [0.717, 1.165) is 29.5 Å². The Labute approximate surface area is 135 Å². The molecule has 1 saturated carbocycles. The molecular formula is C16H20ClN3S. The summed E-state index contributed by atoms with van der Waals surface area (Å²) in [5.41, 5.74) is 5.40. The average Bonchev–Trinajstić information content (AvgIpc) is 3.20. The molecule has 0 saturated heterocycles. The van der Waals surface area contributed by atoms with E-state index in [0.29, 0.717) is 6.04 Å². The summed E-state index contributed by atoms with van der Waals surface area (Å²) >= 11 is 8.15. The molecule has 3 rings (SSSR count). The van der Waals surface area contributed by atoms with Crippen molar-refractivity contribution < 1.29 is 0 Å². The van der Waals surface area contributed by atoms with Crippen LogP contribution in [0.1, 0.15) is 29.0 Å². The number of aromatic nitrogens is 1. The van der Waals surface area contributed by atoms with Crippen molar-refractivity contribution in [2.24, 2.45) is 0 Å². The van der Waals surface area contributed by atoms with Crippen molar-refractivity contribution in [3.8, 4) is 0 Å². The molecule has 1 aromatic heterocycles. The number of rotatable bonds is 6. The third-order valence-corrected chi connectivity index (χ3v) is 5.06. The highest BCUT2D eigenvalue weighted by Crippen LogP contribution is 2.31. The fourth-order valence-corrected chi connectivity index (χ4v) is 3.61. The molecule has 1 fully saturated rings. The Bertz CT molecular complexity index is 622. The lowest BCUT2D eigenvalue weighted by atomic mass is 10.1. The lowest BCUT2D eigenvalue weighted by Crippen LogP contribution is -2.22. The van der Waals surface area contributed by atoms with Gasteiger partial charge >= 0.3 is 0 Å². The first kappa shape index (κ1) is 14.8. The lowest BCUT2D eigenvalue weighted by molar-refractivity contribution is 0.685. The molecular weight excluding hydrogens is 302 g/mol. The summed E-state index contributed by atoms with van der Waals surface area (Å²) in [7, 11) is 2.10. The van der Waals surface area contributed by atoms with E-state index in [2.05, 4.69) is 35.2 Å². The molecule has 0 aliphatic heterocycles. The minimum absolute atomic E-state index is 0.700. The molecule has 21 heavy (non-hydrogen) atoms. The Kier molecular flexibility index (Phi) is 4.48. The van der Waals surface area contributed by atoms with E-state index in [1.165, 1.54) is 23.3 Å². The van der Waals surface area contributed by atoms with Gasteiger partial charge in [-0.2, -0.15) is 0 Å². The topological polar surface area (TPSA) is 28.2 Å². The number of aryl methyl sites for hydroxylation is 1. The smallest absolute Gasteiger partial charge is 0.0798 e. The number of para-hydroxylation sites is 1. The largest absolute Gasteiger partial charge is 0.368 e. The second-order valence-electron chi connectivity index (χ2n) is 5.62. The van der Waals surface area contributed by atoms with Crippen molar-refractivity contribution in [2.45, 2.75) is 38.9 Å². The second kappa shape index (κ2) is 6.34. The fraction of sp³-hybridized carbons (Fsp3) is 0.438. The van der Waals surface area contributed by atoms with Gasteiger partial charge in [-0.1, -0.05) is 23.7 Å². The van der Waals surface area contributed by atoms with Gasteiger partial charge in [0.2, 0.25) is 0 Å². The predicted octanol–water partition coefficient (Wildman–Crippen LogP) is 3.99.